The summed E-state index contributed by atoms with van der Waals surface area (Å²) in [5.74, 6) is 0. The molecule has 1 atom stereocenters. The molecule has 1 aromatic heterocycles. The Morgan fingerprint density at radius 2 is 1.84 bits per heavy atom. The van der Waals surface area contributed by atoms with Crippen LogP contribution in [0.5, 0.6) is 0 Å². The lowest BCUT2D eigenvalue weighted by molar-refractivity contribution is -0.141. The van der Waals surface area contributed by atoms with Crippen LogP contribution in [0.1, 0.15) is 22.8 Å². The topological polar surface area (TPSA) is 42.1 Å². The van der Waals surface area contributed by atoms with Crippen LogP contribution in [0.2, 0.25) is 0 Å². The van der Waals surface area contributed by atoms with Crippen molar-refractivity contribution in [1.82, 2.24) is 4.98 Å². The van der Waals surface area contributed by atoms with Crippen molar-refractivity contribution < 1.29 is 22.7 Å². The Bertz CT molecular complexity index is 549. The summed E-state index contributed by atoms with van der Waals surface area (Å²) in [7, 11) is 0. The summed E-state index contributed by atoms with van der Waals surface area (Å²) in [6.45, 7) is 0.144. The van der Waals surface area contributed by atoms with Gasteiger partial charge in [0.05, 0.1) is 5.56 Å². The molecule has 1 N–H and O–H groups in total. The van der Waals surface area contributed by atoms with Crippen molar-refractivity contribution in [2.24, 2.45) is 0 Å². The lowest BCUT2D eigenvalue weighted by atomic mass is 10.0. The van der Waals surface area contributed by atoms with Gasteiger partial charge in [-0.25, -0.2) is 0 Å². The van der Waals surface area contributed by atoms with E-state index in [1.807, 2.05) is 0 Å². The van der Waals surface area contributed by atoms with Gasteiger partial charge >= 0.3 is 6.18 Å². The molecule has 6 heteroatoms. The average molecular weight is 269 g/mol. The Balaban J connectivity index is 2.46. The highest BCUT2D eigenvalue weighted by atomic mass is 19.4. The summed E-state index contributed by atoms with van der Waals surface area (Å²) in [5, 5.41) is 0. The monoisotopic (exact) mass is 269 g/mol. The van der Waals surface area contributed by atoms with E-state index < -0.39 is 17.8 Å². The fourth-order valence-electron chi connectivity index (χ4n) is 1.85. The highest BCUT2D eigenvalue weighted by Crippen LogP contribution is 2.37. The quantitative estimate of drug-likeness (QED) is 0.865. The number of benzene rings is 1. The largest absolute Gasteiger partial charge is 0.455 e. The van der Waals surface area contributed by atoms with Crippen molar-refractivity contribution >= 4 is 6.47 Å². The Morgan fingerprint density at radius 1 is 1.16 bits per heavy atom. The number of alkyl halides is 3. The van der Waals surface area contributed by atoms with Crippen molar-refractivity contribution in [3.8, 4) is 0 Å². The minimum absolute atomic E-state index is 0.120. The summed E-state index contributed by atoms with van der Waals surface area (Å²) in [4.78, 5) is 12.9. The molecule has 0 fully saturated rings. The molecular formula is C13H10F3NO2. The summed E-state index contributed by atoms with van der Waals surface area (Å²) < 4.78 is 43.3. The maximum Gasteiger partial charge on any atom is 0.418 e. The van der Waals surface area contributed by atoms with E-state index in [9.17, 15) is 18.0 Å². The molecule has 100 valence electrons. The Morgan fingerprint density at radius 3 is 2.42 bits per heavy atom. The number of aromatic amines is 1. The zero-order valence-electron chi connectivity index (χ0n) is 9.65. The van der Waals surface area contributed by atoms with E-state index in [1.165, 1.54) is 6.20 Å². The van der Waals surface area contributed by atoms with Crippen LogP contribution in [-0.2, 0) is 15.7 Å². The summed E-state index contributed by atoms with van der Waals surface area (Å²) in [5.41, 5.74) is -0.492. The Hall–Kier alpha value is -2.24. The number of hydrogen-bond acceptors (Lipinski definition) is 2. The van der Waals surface area contributed by atoms with Gasteiger partial charge in [0, 0.05) is 18.0 Å². The Kier molecular flexibility index (Phi) is 3.59. The normalized spacial score (nSPS) is 13.0. The minimum atomic E-state index is -4.51. The maximum absolute atomic E-state index is 12.8. The number of hydrogen-bond donors (Lipinski definition) is 1. The first kappa shape index (κ1) is 13.2. The van der Waals surface area contributed by atoms with Crippen molar-refractivity contribution in [3.63, 3.8) is 0 Å². The molecule has 19 heavy (non-hydrogen) atoms. The lowest BCUT2D eigenvalue weighted by Crippen LogP contribution is -2.12. The third-order valence-electron chi connectivity index (χ3n) is 2.66. The van der Waals surface area contributed by atoms with E-state index in [1.54, 1.807) is 30.3 Å². The number of halogens is 3. The molecule has 0 saturated carbocycles. The zero-order chi connectivity index (χ0) is 13.9. The molecular weight excluding hydrogens is 259 g/mol. The van der Waals surface area contributed by atoms with E-state index >= 15 is 0 Å². The minimum Gasteiger partial charge on any atom is -0.455 e. The van der Waals surface area contributed by atoms with Gasteiger partial charge in [0.15, 0.2) is 6.10 Å². The Labute approximate surface area is 107 Å². The molecule has 0 aliphatic rings. The molecule has 3 nitrogen and oxygen atoms in total. The smallest absolute Gasteiger partial charge is 0.418 e. The fraction of sp³-hybridized carbons (Fsp3) is 0.154. The average Bonchev–Trinajstić information content (AvgIpc) is 2.86. The van der Waals surface area contributed by atoms with Gasteiger partial charge in [-0.15, -0.1) is 0 Å². The van der Waals surface area contributed by atoms with Crippen LogP contribution in [0, 0.1) is 0 Å². The van der Waals surface area contributed by atoms with E-state index in [0.29, 0.717) is 5.56 Å². The lowest BCUT2D eigenvalue weighted by Gasteiger charge is -2.17. The highest BCUT2D eigenvalue weighted by molar-refractivity contribution is 5.43. The van der Waals surface area contributed by atoms with Crippen molar-refractivity contribution in [2.45, 2.75) is 12.3 Å². The van der Waals surface area contributed by atoms with Crippen molar-refractivity contribution in [1.29, 1.82) is 0 Å². The number of nitrogens with one attached hydrogen (secondary N) is 1. The van der Waals surface area contributed by atoms with Gasteiger partial charge in [-0.1, -0.05) is 30.3 Å². The fourth-order valence-corrected chi connectivity index (χ4v) is 1.85. The molecule has 0 aliphatic heterocycles. The van der Waals surface area contributed by atoms with Gasteiger partial charge in [0.1, 0.15) is 0 Å². The van der Waals surface area contributed by atoms with E-state index in [2.05, 4.69) is 4.98 Å². The summed E-state index contributed by atoms with van der Waals surface area (Å²) >= 11 is 0. The zero-order valence-corrected chi connectivity index (χ0v) is 9.65. The summed E-state index contributed by atoms with van der Waals surface area (Å²) in [6.07, 6.45) is -3.56. The molecule has 1 unspecified atom stereocenters. The second-order valence-corrected chi connectivity index (χ2v) is 3.85. The van der Waals surface area contributed by atoms with Gasteiger partial charge in [-0.2, -0.15) is 13.2 Å². The van der Waals surface area contributed by atoms with Gasteiger partial charge in [-0.05, 0) is 5.56 Å². The SMILES string of the molecule is O=COC(c1ccccc1)c1c[nH]cc1C(F)(F)F. The van der Waals surface area contributed by atoms with Gasteiger partial charge in [0.25, 0.3) is 6.47 Å². The van der Waals surface area contributed by atoms with E-state index in [4.69, 9.17) is 4.74 Å². The number of aromatic nitrogens is 1. The number of carbonyl (C=O) groups excluding carboxylic acids is 1. The second kappa shape index (κ2) is 5.17. The maximum atomic E-state index is 12.8. The first-order chi connectivity index (χ1) is 9.04. The third-order valence-corrected chi connectivity index (χ3v) is 2.66. The highest BCUT2D eigenvalue weighted by Gasteiger charge is 2.37. The predicted octanol–water partition coefficient (Wildman–Crippen LogP) is 3.30. The molecule has 1 heterocycles. The molecule has 0 radical (unpaired) electrons. The van der Waals surface area contributed by atoms with Crippen LogP contribution >= 0.6 is 0 Å². The number of ether oxygens (including phenoxy) is 1. The molecule has 0 saturated heterocycles. The molecule has 0 amide bonds. The number of carbonyl (C=O) groups is 1. The number of H-pyrrole nitrogens is 1. The first-order valence-corrected chi connectivity index (χ1v) is 5.42. The van der Waals surface area contributed by atoms with Gasteiger partial charge in [0.2, 0.25) is 0 Å². The van der Waals surface area contributed by atoms with Gasteiger partial charge in [-0.3, -0.25) is 4.79 Å². The molecule has 2 aromatic rings. The molecule has 2 rings (SSSR count). The van der Waals surface area contributed by atoms with Crippen LogP contribution < -0.4 is 0 Å². The van der Waals surface area contributed by atoms with Crippen LogP contribution in [0.3, 0.4) is 0 Å². The van der Waals surface area contributed by atoms with Crippen LogP contribution in [0.25, 0.3) is 0 Å². The van der Waals surface area contributed by atoms with E-state index in [-0.39, 0.29) is 12.0 Å². The van der Waals surface area contributed by atoms with Crippen molar-refractivity contribution in [3.05, 3.63) is 59.4 Å². The molecule has 0 aliphatic carbocycles. The van der Waals surface area contributed by atoms with Crippen molar-refractivity contribution in [2.75, 3.05) is 0 Å². The third kappa shape index (κ3) is 2.78. The molecule has 0 bridgehead atoms. The van der Waals surface area contributed by atoms with E-state index in [0.717, 1.165) is 6.20 Å². The number of rotatable bonds is 4. The van der Waals surface area contributed by atoms with Crippen LogP contribution in [-0.4, -0.2) is 11.5 Å². The van der Waals surface area contributed by atoms with Crippen LogP contribution in [0.15, 0.2) is 42.7 Å². The van der Waals surface area contributed by atoms with Gasteiger partial charge < -0.3 is 9.72 Å². The first-order valence-electron chi connectivity index (χ1n) is 5.42. The summed E-state index contributed by atoms with van der Waals surface area (Å²) in [6, 6.07) is 8.25. The molecule has 1 aromatic carbocycles. The molecule has 0 spiro atoms. The second-order valence-electron chi connectivity index (χ2n) is 3.85. The van der Waals surface area contributed by atoms with Crippen LogP contribution in [0.4, 0.5) is 13.2 Å². The standard InChI is InChI=1S/C13H10F3NO2/c14-13(15,16)11-7-17-6-10(11)12(19-8-18)9-4-2-1-3-5-9/h1-8,12,17H. The predicted molar refractivity (Wildman–Crippen MR) is 61.2 cm³/mol.